The molecule has 9 nitrogen and oxygen atoms in total. The number of fused-ring (bicyclic) bond motifs is 5. The number of rotatable bonds is 8. The van der Waals surface area contributed by atoms with E-state index < -0.39 is 39.4 Å². The Morgan fingerprint density at radius 3 is 1.38 bits per heavy atom. The Morgan fingerprint density at radius 2 is 0.980 bits per heavy atom. The molecule has 8 rings (SSSR count). The number of ketones is 1. The van der Waals surface area contributed by atoms with Crippen LogP contribution < -0.4 is 14.4 Å². The van der Waals surface area contributed by atoms with E-state index in [1.54, 1.807) is 44.6 Å². The highest BCUT2D eigenvalue weighted by Crippen LogP contribution is 2.74. The van der Waals surface area contributed by atoms with Crippen LogP contribution >= 0.6 is 0 Å². The summed E-state index contributed by atoms with van der Waals surface area (Å²) in [5, 5.41) is 12.3. The predicted molar refractivity (Wildman–Crippen MR) is 187 cm³/mol. The highest BCUT2D eigenvalue weighted by molar-refractivity contribution is 6.39. The number of Topliss-reactive ketones (excluding diaryl/α,β-unsaturated/α-hetero) is 1. The molecule has 50 heavy (non-hydrogen) atoms. The fourth-order valence-electron chi connectivity index (χ4n) is 8.68. The van der Waals surface area contributed by atoms with Crippen molar-refractivity contribution in [1.29, 1.82) is 0 Å². The normalized spacial score (nSPS) is 23.7. The summed E-state index contributed by atoms with van der Waals surface area (Å²) in [5.41, 5.74) is -0.173. The van der Waals surface area contributed by atoms with Gasteiger partial charge in [-0.2, -0.15) is 0 Å². The molecule has 5 aromatic rings. The summed E-state index contributed by atoms with van der Waals surface area (Å²) in [7, 11) is 3.14. The number of hydrogen-bond acceptors (Lipinski definition) is 7. The first-order chi connectivity index (χ1) is 24.3. The van der Waals surface area contributed by atoms with Crippen molar-refractivity contribution in [3.63, 3.8) is 0 Å². The number of allylic oxidation sites excluding steroid dienone is 2. The molecule has 4 atom stereocenters. The molecule has 2 fully saturated rings. The van der Waals surface area contributed by atoms with Gasteiger partial charge in [-0.1, -0.05) is 97.1 Å². The Kier molecular flexibility index (Phi) is 7.04. The van der Waals surface area contributed by atoms with Crippen LogP contribution in [-0.4, -0.2) is 36.7 Å². The number of amides is 2. The number of carbonyl (C=O) groups excluding carboxylic acids is 3. The zero-order valence-electron chi connectivity index (χ0n) is 27.1. The van der Waals surface area contributed by atoms with Gasteiger partial charge in [0.25, 0.3) is 5.69 Å². The third-order valence-corrected chi connectivity index (χ3v) is 10.5. The number of para-hydroxylation sites is 2. The summed E-state index contributed by atoms with van der Waals surface area (Å²) in [4.78, 5) is 58.9. The van der Waals surface area contributed by atoms with Gasteiger partial charge in [0.05, 0.1) is 41.8 Å². The van der Waals surface area contributed by atoms with Crippen molar-refractivity contribution in [2.75, 3.05) is 19.1 Å². The van der Waals surface area contributed by atoms with Gasteiger partial charge < -0.3 is 9.47 Å². The molecule has 3 aliphatic rings. The first kappa shape index (κ1) is 31.0. The number of methoxy groups -OCH3 is 2. The van der Waals surface area contributed by atoms with E-state index in [4.69, 9.17) is 9.47 Å². The van der Waals surface area contributed by atoms with Crippen LogP contribution in [0.15, 0.2) is 133 Å². The van der Waals surface area contributed by atoms with Gasteiger partial charge in [0.2, 0.25) is 11.8 Å². The molecule has 5 aromatic carbocycles. The van der Waals surface area contributed by atoms with Crippen LogP contribution in [0.2, 0.25) is 0 Å². The molecule has 1 saturated heterocycles. The van der Waals surface area contributed by atoms with Gasteiger partial charge in [-0.3, -0.25) is 24.5 Å². The molecular weight excluding hydrogens is 632 g/mol. The Labute approximate surface area is 287 Å². The first-order valence-corrected chi connectivity index (χ1v) is 16.1. The molecule has 1 aliphatic heterocycles. The second kappa shape index (κ2) is 11.4. The Hall–Kier alpha value is -6.35. The van der Waals surface area contributed by atoms with Crippen molar-refractivity contribution in [1.82, 2.24) is 0 Å². The van der Waals surface area contributed by atoms with Gasteiger partial charge in [-0.25, -0.2) is 4.90 Å². The monoisotopic (exact) mass is 662 g/mol. The second-order valence-electron chi connectivity index (χ2n) is 12.6. The molecule has 1 saturated carbocycles. The smallest absolute Gasteiger partial charge is 0.293 e. The number of anilines is 1. The molecule has 1 heterocycles. The number of nitrogens with zero attached hydrogens (tertiary/aromatic N) is 2. The van der Waals surface area contributed by atoms with E-state index in [2.05, 4.69) is 0 Å². The zero-order valence-corrected chi connectivity index (χ0v) is 27.1. The van der Waals surface area contributed by atoms with Crippen LogP contribution in [-0.2, 0) is 25.2 Å². The van der Waals surface area contributed by atoms with E-state index in [1.807, 2.05) is 84.9 Å². The van der Waals surface area contributed by atoms with E-state index in [0.717, 1.165) is 4.90 Å². The maximum atomic E-state index is 16.0. The van der Waals surface area contributed by atoms with E-state index >= 15 is 14.4 Å². The van der Waals surface area contributed by atoms with E-state index in [0.29, 0.717) is 44.9 Å². The van der Waals surface area contributed by atoms with Gasteiger partial charge in [0, 0.05) is 6.07 Å². The SMILES string of the molecule is COc1ccc(C2=C(c3ccc(OC)cc3)[C@@]3(c4ccccc4)C(=O)[C@@]2(c2ccccc2)[C@@H]2C(=O)N(c4ccccc4[N+](=O)[O-])C(=O)[C@H]23)cc1. The second-order valence-corrected chi connectivity index (χ2v) is 12.6. The lowest BCUT2D eigenvalue weighted by atomic mass is 9.59. The van der Waals surface area contributed by atoms with Gasteiger partial charge in [-0.05, 0) is 63.7 Å². The minimum atomic E-state index is -1.66. The van der Waals surface area contributed by atoms with E-state index in [1.165, 1.54) is 18.2 Å². The van der Waals surface area contributed by atoms with Gasteiger partial charge in [0.1, 0.15) is 17.2 Å². The number of benzene rings is 5. The van der Waals surface area contributed by atoms with Crippen molar-refractivity contribution >= 4 is 40.1 Å². The summed E-state index contributed by atoms with van der Waals surface area (Å²) in [6, 6.07) is 38.6. The third-order valence-electron chi connectivity index (χ3n) is 10.5. The molecular formula is C41H30N2O7. The highest BCUT2D eigenvalue weighted by Gasteiger charge is 2.83. The summed E-state index contributed by atoms with van der Waals surface area (Å²) < 4.78 is 11.0. The molecule has 0 radical (unpaired) electrons. The molecule has 0 N–H and O–H groups in total. The Balaban J connectivity index is 1.54. The Morgan fingerprint density at radius 1 is 0.580 bits per heavy atom. The number of nitro benzene ring substituents is 1. The lowest BCUT2D eigenvalue weighted by Crippen LogP contribution is -2.45. The minimum Gasteiger partial charge on any atom is -0.497 e. The quantitative estimate of drug-likeness (QED) is 0.102. The topological polar surface area (TPSA) is 116 Å². The lowest BCUT2D eigenvalue weighted by Gasteiger charge is -2.39. The fourth-order valence-corrected chi connectivity index (χ4v) is 8.68. The average Bonchev–Trinajstić information content (AvgIpc) is 3.67. The third kappa shape index (κ3) is 3.91. The minimum absolute atomic E-state index is 0.128. The number of carbonyl (C=O) groups is 3. The molecule has 2 bridgehead atoms. The van der Waals surface area contributed by atoms with Crippen LogP contribution in [0.1, 0.15) is 22.3 Å². The van der Waals surface area contributed by atoms with Crippen molar-refractivity contribution in [2.45, 2.75) is 10.8 Å². The van der Waals surface area contributed by atoms with Crippen LogP contribution in [0.4, 0.5) is 11.4 Å². The summed E-state index contributed by atoms with van der Waals surface area (Å²) in [6.45, 7) is 0. The maximum Gasteiger partial charge on any atom is 0.293 e. The molecule has 2 amide bonds. The number of nitro groups is 1. The summed E-state index contributed by atoms with van der Waals surface area (Å²) >= 11 is 0. The number of ether oxygens (including phenoxy) is 2. The van der Waals surface area contributed by atoms with E-state index in [-0.39, 0.29) is 17.2 Å². The average molecular weight is 663 g/mol. The number of hydrogen-bond donors (Lipinski definition) is 0. The van der Waals surface area contributed by atoms with Gasteiger partial charge in [-0.15, -0.1) is 0 Å². The predicted octanol–water partition coefficient (Wildman–Crippen LogP) is 6.80. The van der Waals surface area contributed by atoms with Crippen LogP contribution in [0.25, 0.3) is 11.1 Å². The molecule has 9 heteroatoms. The first-order valence-electron chi connectivity index (χ1n) is 16.1. The van der Waals surface area contributed by atoms with Gasteiger partial charge >= 0.3 is 0 Å². The maximum absolute atomic E-state index is 16.0. The van der Waals surface area contributed by atoms with E-state index in [9.17, 15) is 10.1 Å². The molecule has 2 aliphatic carbocycles. The zero-order chi connectivity index (χ0) is 34.8. The largest absolute Gasteiger partial charge is 0.497 e. The number of imide groups is 1. The van der Waals surface area contributed by atoms with Crippen molar-refractivity contribution < 1.29 is 28.8 Å². The highest BCUT2D eigenvalue weighted by atomic mass is 16.6. The molecule has 0 spiro atoms. The van der Waals surface area contributed by atoms with Gasteiger partial charge in [0.15, 0.2) is 5.78 Å². The molecule has 0 unspecified atom stereocenters. The standard InChI is InChI=1S/C41H30N2O7/c1-49-29-21-17-25(18-22-29)33-34(26-19-23-30(50-2)24-20-26)41(28-13-7-4-8-14-28)36-35(40(33,39(41)46)27-11-5-3-6-12-27)37(44)42(38(36)45)31-15-9-10-16-32(31)43(47)48/h3-24,35-36H,1-2H3/t35-,36-,40+,41+/m0/s1. The molecule has 0 aromatic heterocycles. The van der Waals surface area contributed by atoms with Crippen molar-refractivity contribution in [2.24, 2.45) is 11.8 Å². The molecule has 246 valence electrons. The van der Waals surface area contributed by atoms with Crippen LogP contribution in [0.3, 0.4) is 0 Å². The van der Waals surface area contributed by atoms with Crippen molar-refractivity contribution in [3.05, 3.63) is 166 Å². The van der Waals surface area contributed by atoms with Crippen LogP contribution in [0, 0.1) is 22.0 Å². The summed E-state index contributed by atoms with van der Waals surface area (Å²) in [6.07, 6.45) is 0. The van der Waals surface area contributed by atoms with Crippen molar-refractivity contribution in [3.8, 4) is 11.5 Å². The fraction of sp³-hybridized carbons (Fsp3) is 0.146. The summed E-state index contributed by atoms with van der Waals surface area (Å²) in [5.74, 6) is -2.85. The van der Waals surface area contributed by atoms with Crippen LogP contribution in [0.5, 0.6) is 11.5 Å². The lowest BCUT2D eigenvalue weighted by molar-refractivity contribution is -0.384. The Bertz CT molecular complexity index is 2100.